The number of nitrogens with one attached hydrogen (secondary N) is 2. The van der Waals surface area contributed by atoms with Crippen LogP contribution >= 0.6 is 34.2 Å². The van der Waals surface area contributed by atoms with Crippen molar-refractivity contribution in [2.45, 2.75) is 51.4 Å². The monoisotopic (exact) mass is 760 g/mol. The first-order chi connectivity index (χ1) is 21.8. The Morgan fingerprint density at radius 2 is 1.89 bits per heavy atom. The standard InChI is InChI=1S/C32H29ClF3IN8O/c1-30(2,3)16-41-24-17(14-38)15-40-25-22(24)12-18(13-23(25)33)42-26(20-6-5-7-21-19(20)8-11-39-29(21)46-4)27-28(37)45(44-43-27)31(9-10-31)32(34,35)36/h5-8,11-13,15,26,42H,9-10,16H2,1-4H3,(H,40,41)/t26-/m0/s1. The van der Waals surface area contributed by atoms with Crippen LogP contribution in [0.15, 0.2) is 48.8 Å². The number of benzene rings is 2. The molecule has 2 aromatic carbocycles. The van der Waals surface area contributed by atoms with Crippen LogP contribution in [0.25, 0.3) is 21.7 Å². The van der Waals surface area contributed by atoms with Gasteiger partial charge in [0.1, 0.15) is 15.5 Å². The largest absolute Gasteiger partial charge is 0.481 e. The van der Waals surface area contributed by atoms with Crippen LogP contribution in [0.5, 0.6) is 5.88 Å². The molecular formula is C32H29ClF3IN8O. The summed E-state index contributed by atoms with van der Waals surface area (Å²) in [7, 11) is 1.52. The van der Waals surface area contributed by atoms with Gasteiger partial charge in [0.05, 0.1) is 34.9 Å². The average molecular weight is 761 g/mol. The van der Waals surface area contributed by atoms with Gasteiger partial charge in [-0.25, -0.2) is 9.67 Å². The van der Waals surface area contributed by atoms with E-state index in [4.69, 9.17) is 16.3 Å². The van der Waals surface area contributed by atoms with Crippen molar-refractivity contribution in [2.75, 3.05) is 24.3 Å². The highest BCUT2D eigenvalue weighted by molar-refractivity contribution is 14.1. The Morgan fingerprint density at radius 1 is 1.13 bits per heavy atom. The third-order valence-corrected chi connectivity index (χ3v) is 9.33. The lowest BCUT2D eigenvalue weighted by atomic mass is 9.96. The molecular weight excluding hydrogens is 732 g/mol. The van der Waals surface area contributed by atoms with Gasteiger partial charge >= 0.3 is 6.18 Å². The van der Waals surface area contributed by atoms with Gasteiger partial charge in [0.2, 0.25) is 5.88 Å². The topological polar surface area (TPSA) is 114 Å². The van der Waals surface area contributed by atoms with Gasteiger partial charge in [-0.2, -0.15) is 18.4 Å². The van der Waals surface area contributed by atoms with E-state index in [1.807, 2.05) is 52.9 Å². The van der Waals surface area contributed by atoms with Crippen LogP contribution in [0.1, 0.15) is 56.5 Å². The predicted molar refractivity (Wildman–Crippen MR) is 179 cm³/mol. The smallest absolute Gasteiger partial charge is 0.413 e. The summed E-state index contributed by atoms with van der Waals surface area (Å²) < 4.78 is 49.3. The molecule has 0 saturated heterocycles. The summed E-state index contributed by atoms with van der Waals surface area (Å²) in [5.41, 5.74) is 0.845. The van der Waals surface area contributed by atoms with Crippen LogP contribution in [-0.2, 0) is 5.54 Å². The molecule has 1 fully saturated rings. The average Bonchev–Trinajstić information content (AvgIpc) is 3.74. The number of aromatic nitrogens is 5. The van der Waals surface area contributed by atoms with Gasteiger partial charge < -0.3 is 15.4 Å². The van der Waals surface area contributed by atoms with Crippen molar-refractivity contribution in [3.63, 3.8) is 0 Å². The predicted octanol–water partition coefficient (Wildman–Crippen LogP) is 8.22. The Labute approximate surface area is 281 Å². The molecule has 46 heavy (non-hydrogen) atoms. The number of fused-ring (bicyclic) bond motifs is 2. The fraction of sp³-hybridized carbons (Fsp3) is 0.344. The second-order valence-electron chi connectivity index (χ2n) is 12.5. The fourth-order valence-corrected chi connectivity index (χ4v) is 6.76. The number of methoxy groups -OCH3 is 1. The lowest BCUT2D eigenvalue weighted by Crippen LogP contribution is -2.36. The zero-order chi connectivity index (χ0) is 33.0. The molecule has 1 atom stereocenters. The first-order valence-electron chi connectivity index (χ1n) is 14.4. The summed E-state index contributed by atoms with van der Waals surface area (Å²) in [5.74, 6) is 0.406. The molecule has 1 saturated carbocycles. The van der Waals surface area contributed by atoms with Gasteiger partial charge in [0.15, 0.2) is 5.54 Å². The van der Waals surface area contributed by atoms with Crippen LogP contribution < -0.4 is 15.4 Å². The molecule has 14 heteroatoms. The lowest BCUT2D eigenvalue weighted by molar-refractivity contribution is -0.183. The van der Waals surface area contributed by atoms with E-state index in [1.165, 1.54) is 13.3 Å². The lowest BCUT2D eigenvalue weighted by Gasteiger charge is -2.24. The molecule has 0 radical (unpaired) electrons. The van der Waals surface area contributed by atoms with Gasteiger partial charge in [-0.05, 0) is 76.1 Å². The van der Waals surface area contributed by atoms with Gasteiger partial charge in [-0.3, -0.25) is 4.98 Å². The quantitative estimate of drug-likeness (QED) is 0.152. The minimum atomic E-state index is -4.48. The molecule has 238 valence electrons. The van der Waals surface area contributed by atoms with Crippen LogP contribution in [0.3, 0.4) is 0 Å². The van der Waals surface area contributed by atoms with Crippen molar-refractivity contribution in [2.24, 2.45) is 5.41 Å². The summed E-state index contributed by atoms with van der Waals surface area (Å²) in [6.07, 6.45) is -1.51. The summed E-state index contributed by atoms with van der Waals surface area (Å²) in [4.78, 5) is 8.77. The van der Waals surface area contributed by atoms with Gasteiger partial charge in [-0.15, -0.1) is 5.10 Å². The molecule has 0 unspecified atom stereocenters. The number of rotatable bonds is 8. The van der Waals surface area contributed by atoms with Crippen molar-refractivity contribution >= 4 is 67.2 Å². The number of nitrogens with zero attached hydrogens (tertiary/aromatic N) is 6. The first kappa shape index (κ1) is 32.1. The van der Waals surface area contributed by atoms with E-state index in [0.29, 0.717) is 56.5 Å². The number of hydrogen-bond donors (Lipinski definition) is 2. The molecule has 3 aromatic heterocycles. The highest BCUT2D eigenvalue weighted by Crippen LogP contribution is 2.56. The number of pyridine rings is 2. The highest BCUT2D eigenvalue weighted by atomic mass is 127. The summed E-state index contributed by atoms with van der Waals surface area (Å²) in [5, 5.41) is 27.6. The SMILES string of the molecule is COc1nccc2c([C@H](Nc3cc(Cl)c4ncc(C#N)c(NCC(C)(C)C)c4c3)c3nnn(C4(C(F)(F)F)CC4)c3I)cccc12. The molecule has 1 aliphatic carbocycles. The fourth-order valence-electron chi connectivity index (χ4n) is 5.52. The Bertz CT molecular complexity index is 2010. The van der Waals surface area contributed by atoms with E-state index in [0.717, 1.165) is 15.5 Å². The number of anilines is 2. The van der Waals surface area contributed by atoms with Crippen LogP contribution in [0, 0.1) is 20.4 Å². The first-order valence-corrected chi connectivity index (χ1v) is 15.9. The van der Waals surface area contributed by atoms with Crippen molar-refractivity contribution in [3.05, 3.63) is 74.3 Å². The van der Waals surface area contributed by atoms with E-state index in [-0.39, 0.29) is 22.0 Å². The van der Waals surface area contributed by atoms with Crippen LogP contribution in [-0.4, -0.2) is 44.8 Å². The van der Waals surface area contributed by atoms with E-state index < -0.39 is 17.8 Å². The van der Waals surface area contributed by atoms with Crippen LogP contribution in [0.4, 0.5) is 24.5 Å². The number of alkyl halides is 3. The van der Waals surface area contributed by atoms with E-state index in [2.05, 4.69) is 57.8 Å². The van der Waals surface area contributed by atoms with Gasteiger partial charge in [0.25, 0.3) is 0 Å². The second-order valence-corrected chi connectivity index (χ2v) is 13.9. The normalized spacial score (nSPS) is 15.0. The molecule has 6 rings (SSSR count). The maximum Gasteiger partial charge on any atom is 0.413 e. The number of ether oxygens (including phenoxy) is 1. The minimum absolute atomic E-state index is 0.0661. The Balaban J connectivity index is 1.54. The molecule has 1 aliphatic rings. The molecule has 2 N–H and O–H groups in total. The Kier molecular flexibility index (Phi) is 8.17. The number of halogens is 5. The van der Waals surface area contributed by atoms with Gasteiger partial charge in [-0.1, -0.05) is 49.7 Å². The second kappa shape index (κ2) is 11.7. The maximum atomic E-state index is 14.2. The molecule has 5 aromatic rings. The zero-order valence-electron chi connectivity index (χ0n) is 25.3. The van der Waals surface area contributed by atoms with Gasteiger partial charge in [0, 0.05) is 35.4 Å². The van der Waals surface area contributed by atoms with E-state index in [1.54, 1.807) is 12.3 Å². The summed E-state index contributed by atoms with van der Waals surface area (Å²) in [6.45, 7) is 6.81. The molecule has 0 aliphatic heterocycles. The Morgan fingerprint density at radius 3 is 2.54 bits per heavy atom. The zero-order valence-corrected chi connectivity index (χ0v) is 28.2. The van der Waals surface area contributed by atoms with Crippen molar-refractivity contribution < 1.29 is 17.9 Å². The minimum Gasteiger partial charge on any atom is -0.481 e. The Hall–Kier alpha value is -3.90. The maximum absolute atomic E-state index is 14.2. The molecule has 9 nitrogen and oxygen atoms in total. The van der Waals surface area contributed by atoms with Crippen molar-refractivity contribution in [1.29, 1.82) is 5.26 Å². The third kappa shape index (κ3) is 5.66. The molecule has 0 bridgehead atoms. The van der Waals surface area contributed by atoms with E-state index >= 15 is 0 Å². The number of hydrogen-bond acceptors (Lipinski definition) is 8. The number of nitriles is 1. The third-order valence-electron chi connectivity index (χ3n) is 8.03. The summed E-state index contributed by atoms with van der Waals surface area (Å²) >= 11 is 8.68. The highest BCUT2D eigenvalue weighted by Gasteiger charge is 2.66. The summed E-state index contributed by atoms with van der Waals surface area (Å²) in [6, 6.07) is 12.4. The van der Waals surface area contributed by atoms with E-state index in [9.17, 15) is 18.4 Å². The molecule has 3 heterocycles. The molecule has 0 spiro atoms. The van der Waals surface area contributed by atoms with Crippen molar-refractivity contribution in [3.8, 4) is 11.9 Å². The van der Waals surface area contributed by atoms with Crippen molar-refractivity contribution in [1.82, 2.24) is 25.0 Å². The molecule has 0 amide bonds. The van der Waals surface area contributed by atoms with Crippen LogP contribution in [0.2, 0.25) is 5.02 Å².